The second-order valence-electron chi connectivity index (χ2n) is 5.61. The Morgan fingerprint density at radius 2 is 2.25 bits per heavy atom. The Morgan fingerprint density at radius 3 is 3.10 bits per heavy atom. The van der Waals surface area contributed by atoms with Gasteiger partial charge in [0.1, 0.15) is 0 Å². The van der Waals surface area contributed by atoms with Crippen LogP contribution in [0.4, 0.5) is 5.69 Å². The summed E-state index contributed by atoms with van der Waals surface area (Å²) in [5, 5.41) is 2.23. The molecule has 2 nitrogen and oxygen atoms in total. The number of nitrogen functional groups attached to an aromatic ring is 1. The maximum atomic E-state index is 5.83. The van der Waals surface area contributed by atoms with E-state index in [1.54, 1.807) is 10.4 Å². The number of rotatable bonds is 4. The second kappa shape index (κ2) is 5.98. The summed E-state index contributed by atoms with van der Waals surface area (Å²) >= 11 is 1.91. The standard InChI is InChI=1S/C17H22N2S/c1-13-16-8-11-20-17(16)7-10-19(13)9-3-5-14-4-2-6-15(18)12-14/h2,4,6,8,11-13H,3,5,7,9-10,18H2,1H3. The van der Waals surface area contributed by atoms with Gasteiger partial charge in [-0.2, -0.15) is 0 Å². The molecule has 1 aliphatic heterocycles. The molecule has 2 aromatic rings. The van der Waals surface area contributed by atoms with Crippen molar-refractivity contribution in [3.05, 3.63) is 51.7 Å². The lowest BCUT2D eigenvalue weighted by atomic mass is 10.0. The van der Waals surface area contributed by atoms with E-state index >= 15 is 0 Å². The summed E-state index contributed by atoms with van der Waals surface area (Å²) in [6.45, 7) is 4.71. The van der Waals surface area contributed by atoms with Crippen molar-refractivity contribution in [1.82, 2.24) is 4.90 Å². The van der Waals surface area contributed by atoms with E-state index in [2.05, 4.69) is 35.4 Å². The van der Waals surface area contributed by atoms with Crippen LogP contribution in [0.25, 0.3) is 0 Å². The van der Waals surface area contributed by atoms with E-state index in [0.717, 1.165) is 12.1 Å². The lowest BCUT2D eigenvalue weighted by Crippen LogP contribution is -2.34. The summed E-state index contributed by atoms with van der Waals surface area (Å²) < 4.78 is 0. The highest BCUT2D eigenvalue weighted by atomic mass is 32.1. The largest absolute Gasteiger partial charge is 0.399 e. The van der Waals surface area contributed by atoms with Crippen LogP contribution in [-0.2, 0) is 12.8 Å². The highest BCUT2D eigenvalue weighted by Crippen LogP contribution is 2.32. The van der Waals surface area contributed by atoms with Gasteiger partial charge in [-0.3, -0.25) is 4.90 Å². The van der Waals surface area contributed by atoms with Crippen LogP contribution in [0.3, 0.4) is 0 Å². The molecule has 0 aliphatic carbocycles. The monoisotopic (exact) mass is 286 g/mol. The van der Waals surface area contributed by atoms with E-state index in [0.29, 0.717) is 6.04 Å². The number of hydrogen-bond acceptors (Lipinski definition) is 3. The quantitative estimate of drug-likeness (QED) is 0.864. The maximum absolute atomic E-state index is 5.83. The molecule has 1 atom stereocenters. The molecule has 1 aromatic carbocycles. The Morgan fingerprint density at radius 1 is 1.35 bits per heavy atom. The van der Waals surface area contributed by atoms with Crippen molar-refractivity contribution in [3.63, 3.8) is 0 Å². The molecule has 3 heteroatoms. The first kappa shape index (κ1) is 13.7. The fourth-order valence-corrected chi connectivity index (χ4v) is 4.06. The third-order valence-corrected chi connectivity index (χ3v) is 5.26. The number of benzene rings is 1. The first-order chi connectivity index (χ1) is 9.74. The Balaban J connectivity index is 1.55. The zero-order valence-corrected chi connectivity index (χ0v) is 12.8. The highest BCUT2D eigenvalue weighted by Gasteiger charge is 2.23. The van der Waals surface area contributed by atoms with Crippen molar-refractivity contribution in [2.45, 2.75) is 32.2 Å². The van der Waals surface area contributed by atoms with E-state index in [4.69, 9.17) is 5.73 Å². The first-order valence-corrected chi connectivity index (χ1v) is 8.27. The van der Waals surface area contributed by atoms with Crippen LogP contribution in [0, 0.1) is 0 Å². The average molecular weight is 286 g/mol. The average Bonchev–Trinajstić information content (AvgIpc) is 2.91. The van der Waals surface area contributed by atoms with Gasteiger partial charge in [0.05, 0.1) is 0 Å². The van der Waals surface area contributed by atoms with Gasteiger partial charge in [-0.1, -0.05) is 12.1 Å². The number of thiophene rings is 1. The number of fused-ring (bicyclic) bond motifs is 1. The van der Waals surface area contributed by atoms with Crippen LogP contribution in [0.15, 0.2) is 35.7 Å². The molecular formula is C17H22N2S. The van der Waals surface area contributed by atoms with E-state index in [1.807, 2.05) is 23.5 Å². The predicted octanol–water partition coefficient (Wildman–Crippen LogP) is 3.88. The summed E-state index contributed by atoms with van der Waals surface area (Å²) in [4.78, 5) is 4.20. The molecule has 20 heavy (non-hydrogen) atoms. The summed E-state index contributed by atoms with van der Waals surface area (Å²) in [6, 6.07) is 11.1. The van der Waals surface area contributed by atoms with Gasteiger partial charge in [0.2, 0.25) is 0 Å². The highest BCUT2D eigenvalue weighted by molar-refractivity contribution is 7.10. The van der Waals surface area contributed by atoms with Gasteiger partial charge in [0.15, 0.2) is 0 Å². The molecule has 1 unspecified atom stereocenters. The minimum Gasteiger partial charge on any atom is -0.399 e. The zero-order valence-electron chi connectivity index (χ0n) is 12.0. The van der Waals surface area contributed by atoms with Crippen molar-refractivity contribution >= 4 is 17.0 Å². The van der Waals surface area contributed by atoms with E-state index in [-0.39, 0.29) is 0 Å². The molecule has 106 valence electrons. The number of hydrogen-bond donors (Lipinski definition) is 1. The molecule has 0 spiro atoms. The molecule has 1 aliphatic rings. The third kappa shape index (κ3) is 2.89. The van der Waals surface area contributed by atoms with Crippen molar-refractivity contribution in [3.8, 4) is 0 Å². The molecular weight excluding hydrogens is 264 g/mol. The minimum absolute atomic E-state index is 0.575. The van der Waals surface area contributed by atoms with Crippen LogP contribution in [0.1, 0.15) is 35.4 Å². The molecule has 1 aromatic heterocycles. The van der Waals surface area contributed by atoms with Gasteiger partial charge in [-0.15, -0.1) is 11.3 Å². The van der Waals surface area contributed by atoms with Gasteiger partial charge >= 0.3 is 0 Å². The smallest absolute Gasteiger partial charge is 0.0331 e. The molecule has 3 rings (SSSR count). The Hall–Kier alpha value is -1.32. The van der Waals surface area contributed by atoms with Crippen LogP contribution in [0.2, 0.25) is 0 Å². The van der Waals surface area contributed by atoms with Crippen LogP contribution < -0.4 is 5.73 Å². The molecule has 0 saturated heterocycles. The second-order valence-corrected chi connectivity index (χ2v) is 6.61. The normalized spacial score (nSPS) is 18.9. The van der Waals surface area contributed by atoms with Crippen molar-refractivity contribution in [2.75, 3.05) is 18.8 Å². The molecule has 0 saturated carbocycles. The summed E-state index contributed by atoms with van der Waals surface area (Å²) in [6.07, 6.45) is 3.54. The summed E-state index contributed by atoms with van der Waals surface area (Å²) in [5.74, 6) is 0. The van der Waals surface area contributed by atoms with E-state index < -0.39 is 0 Å². The lowest BCUT2D eigenvalue weighted by molar-refractivity contribution is 0.198. The maximum Gasteiger partial charge on any atom is 0.0331 e. The molecule has 0 bridgehead atoms. The topological polar surface area (TPSA) is 29.3 Å². The van der Waals surface area contributed by atoms with E-state index in [9.17, 15) is 0 Å². The number of anilines is 1. The molecule has 0 radical (unpaired) electrons. The predicted molar refractivity (Wildman–Crippen MR) is 87.2 cm³/mol. The van der Waals surface area contributed by atoms with Gasteiger partial charge in [0, 0.05) is 23.2 Å². The summed E-state index contributed by atoms with van der Waals surface area (Å²) in [5.41, 5.74) is 9.60. The summed E-state index contributed by atoms with van der Waals surface area (Å²) in [7, 11) is 0. The molecule has 0 amide bonds. The molecule has 0 fully saturated rings. The van der Waals surface area contributed by atoms with Gasteiger partial charge in [-0.25, -0.2) is 0 Å². The number of aryl methyl sites for hydroxylation is 1. The third-order valence-electron chi connectivity index (χ3n) is 4.27. The molecule has 2 heterocycles. The van der Waals surface area contributed by atoms with Crippen LogP contribution >= 0.6 is 11.3 Å². The van der Waals surface area contributed by atoms with Crippen molar-refractivity contribution in [2.24, 2.45) is 0 Å². The SMILES string of the molecule is CC1c2ccsc2CCN1CCCc1cccc(N)c1. The lowest BCUT2D eigenvalue weighted by Gasteiger charge is -2.33. The van der Waals surface area contributed by atoms with Gasteiger partial charge in [-0.05, 0) is 67.4 Å². The van der Waals surface area contributed by atoms with Crippen molar-refractivity contribution in [1.29, 1.82) is 0 Å². The Kier molecular flexibility index (Phi) is 4.08. The fraction of sp³-hybridized carbons (Fsp3) is 0.412. The zero-order chi connectivity index (χ0) is 13.9. The van der Waals surface area contributed by atoms with Gasteiger partial charge in [0.25, 0.3) is 0 Å². The van der Waals surface area contributed by atoms with Gasteiger partial charge < -0.3 is 5.73 Å². The van der Waals surface area contributed by atoms with Crippen LogP contribution in [-0.4, -0.2) is 18.0 Å². The number of nitrogens with two attached hydrogens (primary N) is 1. The Bertz CT molecular complexity index is 576. The number of nitrogens with zero attached hydrogens (tertiary/aromatic N) is 1. The van der Waals surface area contributed by atoms with Crippen molar-refractivity contribution < 1.29 is 0 Å². The minimum atomic E-state index is 0.575. The fourth-order valence-electron chi connectivity index (χ4n) is 3.10. The van der Waals surface area contributed by atoms with E-state index in [1.165, 1.54) is 31.5 Å². The molecule has 2 N–H and O–H groups in total. The first-order valence-electron chi connectivity index (χ1n) is 7.39. The van der Waals surface area contributed by atoms with Crippen LogP contribution in [0.5, 0.6) is 0 Å². The Labute approximate surface area is 125 Å².